The molecule has 182 valence electrons. The lowest BCUT2D eigenvalue weighted by atomic mass is 10.1. The molecule has 0 radical (unpaired) electrons. The Hall–Kier alpha value is -4.02. The van der Waals surface area contributed by atoms with Crippen LogP contribution in [0.5, 0.6) is 0 Å². The summed E-state index contributed by atoms with van der Waals surface area (Å²) in [7, 11) is 0. The number of nitrogens with zero attached hydrogens (tertiary/aromatic N) is 1. The van der Waals surface area contributed by atoms with E-state index in [1.54, 1.807) is 30.3 Å². The maximum Gasteiger partial charge on any atom is 0.253 e. The molecule has 0 aromatic heterocycles. The molecule has 2 atom stereocenters. The highest BCUT2D eigenvalue weighted by molar-refractivity contribution is 6.12. The van der Waals surface area contributed by atoms with Crippen molar-refractivity contribution in [3.8, 4) is 0 Å². The fraction of sp³-hybridized carbons (Fsp3) is 0.391. The van der Waals surface area contributed by atoms with Crippen LogP contribution < -0.4 is 21.7 Å². The number of hydrogen-bond acceptors (Lipinski definition) is 6. The van der Waals surface area contributed by atoms with Gasteiger partial charge in [0.05, 0.1) is 6.42 Å². The Bertz CT molecular complexity index is 944. The molecule has 1 aromatic carbocycles. The summed E-state index contributed by atoms with van der Waals surface area (Å²) in [4.78, 5) is 72.6. The molecule has 1 heterocycles. The summed E-state index contributed by atoms with van der Waals surface area (Å²) in [5.41, 5.74) is 5.70. The van der Waals surface area contributed by atoms with Crippen molar-refractivity contribution in [2.24, 2.45) is 5.73 Å². The molecular formula is C23H29N5O6. The molecule has 5 N–H and O–H groups in total. The minimum atomic E-state index is -1.20. The summed E-state index contributed by atoms with van der Waals surface area (Å²) in [6.45, 7) is 1.75. The molecule has 1 aromatic rings. The van der Waals surface area contributed by atoms with Crippen LogP contribution in [0.25, 0.3) is 0 Å². The van der Waals surface area contributed by atoms with E-state index in [0.29, 0.717) is 24.9 Å². The van der Waals surface area contributed by atoms with Crippen molar-refractivity contribution < 1.29 is 28.8 Å². The number of anilines is 1. The fourth-order valence-electron chi connectivity index (χ4n) is 3.22. The van der Waals surface area contributed by atoms with E-state index in [1.165, 1.54) is 19.1 Å². The summed E-state index contributed by atoms with van der Waals surface area (Å²) < 4.78 is 0. The largest absolute Gasteiger partial charge is 0.370 e. The van der Waals surface area contributed by atoms with Gasteiger partial charge < -0.3 is 21.7 Å². The van der Waals surface area contributed by atoms with Gasteiger partial charge in [-0.25, -0.2) is 0 Å². The van der Waals surface area contributed by atoms with Crippen molar-refractivity contribution in [1.29, 1.82) is 0 Å². The van der Waals surface area contributed by atoms with Gasteiger partial charge in [-0.2, -0.15) is 0 Å². The number of amides is 6. The standard InChI is InChI=1S/C23H29N5O6/c1-15(25-19(30)10-6-3-7-13-28-20(31)11-12-21(28)32)22(33)27-17(14-18(24)29)23(34)26-16-8-4-2-5-9-16/h2,4-5,8-9,11-12,15,17H,3,6-7,10,13-14H2,1H3,(H2,24,29)(H,25,30)(H,26,34)(H,27,33)/t15-,17-/m0/s1. The third-order valence-corrected chi connectivity index (χ3v) is 5.04. The zero-order valence-corrected chi connectivity index (χ0v) is 18.9. The van der Waals surface area contributed by atoms with E-state index < -0.39 is 36.2 Å². The van der Waals surface area contributed by atoms with E-state index in [1.807, 2.05) is 0 Å². The average molecular weight is 472 g/mol. The highest BCUT2D eigenvalue weighted by Gasteiger charge is 2.26. The van der Waals surface area contributed by atoms with Crippen LogP contribution in [0.15, 0.2) is 42.5 Å². The van der Waals surface area contributed by atoms with Crippen molar-refractivity contribution in [1.82, 2.24) is 15.5 Å². The number of benzene rings is 1. The second kappa shape index (κ2) is 12.9. The van der Waals surface area contributed by atoms with Crippen LogP contribution in [-0.4, -0.2) is 59.0 Å². The fourth-order valence-corrected chi connectivity index (χ4v) is 3.22. The van der Waals surface area contributed by atoms with Gasteiger partial charge in [0.15, 0.2) is 0 Å². The Kier molecular flexibility index (Phi) is 9.93. The molecule has 0 aliphatic carbocycles. The first kappa shape index (κ1) is 26.2. The summed E-state index contributed by atoms with van der Waals surface area (Å²) in [5.74, 6) is -3.05. The monoisotopic (exact) mass is 471 g/mol. The first-order valence-electron chi connectivity index (χ1n) is 10.9. The second-order valence-electron chi connectivity index (χ2n) is 7.85. The maximum absolute atomic E-state index is 12.5. The maximum atomic E-state index is 12.5. The Balaban J connectivity index is 1.74. The zero-order chi connectivity index (χ0) is 25.1. The number of carbonyl (C=O) groups excluding carboxylic acids is 6. The van der Waals surface area contributed by atoms with E-state index in [0.717, 1.165) is 4.90 Å². The van der Waals surface area contributed by atoms with E-state index in [2.05, 4.69) is 16.0 Å². The minimum Gasteiger partial charge on any atom is -0.370 e. The number of unbranched alkanes of at least 4 members (excludes halogenated alkanes) is 2. The van der Waals surface area contributed by atoms with Crippen molar-refractivity contribution in [3.05, 3.63) is 42.5 Å². The molecule has 2 rings (SSSR count). The molecule has 0 saturated carbocycles. The Labute approximate surface area is 197 Å². The van der Waals surface area contributed by atoms with Crippen molar-refractivity contribution in [3.63, 3.8) is 0 Å². The van der Waals surface area contributed by atoms with Crippen LogP contribution in [0.3, 0.4) is 0 Å². The summed E-state index contributed by atoms with van der Waals surface area (Å²) >= 11 is 0. The molecule has 6 amide bonds. The minimum absolute atomic E-state index is 0.150. The molecule has 34 heavy (non-hydrogen) atoms. The smallest absolute Gasteiger partial charge is 0.253 e. The molecule has 0 saturated heterocycles. The number of hydrogen-bond donors (Lipinski definition) is 4. The van der Waals surface area contributed by atoms with Gasteiger partial charge >= 0.3 is 0 Å². The van der Waals surface area contributed by atoms with E-state index in [4.69, 9.17) is 5.73 Å². The first-order valence-corrected chi connectivity index (χ1v) is 10.9. The molecule has 0 bridgehead atoms. The molecule has 11 heteroatoms. The number of para-hydroxylation sites is 1. The van der Waals surface area contributed by atoms with Gasteiger partial charge in [0, 0.05) is 30.8 Å². The van der Waals surface area contributed by atoms with Crippen LogP contribution in [0.2, 0.25) is 0 Å². The van der Waals surface area contributed by atoms with Gasteiger partial charge in [0.2, 0.25) is 23.6 Å². The normalized spacial score (nSPS) is 14.4. The molecular weight excluding hydrogens is 442 g/mol. The Morgan fingerprint density at radius 1 is 0.912 bits per heavy atom. The van der Waals surface area contributed by atoms with Crippen LogP contribution >= 0.6 is 0 Å². The number of rotatable bonds is 13. The first-order chi connectivity index (χ1) is 16.2. The van der Waals surface area contributed by atoms with E-state index in [-0.39, 0.29) is 30.7 Å². The average Bonchev–Trinajstić information content (AvgIpc) is 3.10. The summed E-state index contributed by atoms with van der Waals surface area (Å²) in [5, 5.41) is 7.59. The lowest BCUT2D eigenvalue weighted by Gasteiger charge is -2.20. The second-order valence-corrected chi connectivity index (χ2v) is 7.85. The highest BCUT2D eigenvalue weighted by Crippen LogP contribution is 2.09. The highest BCUT2D eigenvalue weighted by atomic mass is 16.2. The number of carbonyl (C=O) groups is 6. The number of imide groups is 1. The predicted octanol–water partition coefficient (Wildman–Crippen LogP) is -0.0246. The lowest BCUT2D eigenvalue weighted by Crippen LogP contribution is -2.52. The topological polar surface area (TPSA) is 168 Å². The van der Waals surface area contributed by atoms with Crippen LogP contribution in [0.1, 0.15) is 39.0 Å². The van der Waals surface area contributed by atoms with E-state index in [9.17, 15) is 28.8 Å². The zero-order valence-electron chi connectivity index (χ0n) is 18.9. The third kappa shape index (κ3) is 8.49. The molecule has 1 aliphatic rings. The van der Waals surface area contributed by atoms with E-state index >= 15 is 0 Å². The van der Waals surface area contributed by atoms with Crippen molar-refractivity contribution in [2.45, 2.75) is 51.1 Å². The lowest BCUT2D eigenvalue weighted by molar-refractivity contribution is -0.137. The number of primary amides is 1. The summed E-state index contributed by atoms with van der Waals surface area (Å²) in [6.07, 6.45) is 3.88. The summed E-state index contributed by atoms with van der Waals surface area (Å²) in [6, 6.07) is 6.38. The van der Waals surface area contributed by atoms with Crippen molar-refractivity contribution >= 4 is 41.1 Å². The molecule has 0 fully saturated rings. The number of nitrogens with one attached hydrogen (secondary N) is 3. The van der Waals surface area contributed by atoms with Crippen LogP contribution in [0.4, 0.5) is 5.69 Å². The predicted molar refractivity (Wildman–Crippen MR) is 123 cm³/mol. The van der Waals surface area contributed by atoms with Gasteiger partial charge in [-0.15, -0.1) is 0 Å². The third-order valence-electron chi connectivity index (χ3n) is 5.04. The molecule has 0 spiro atoms. The molecule has 0 unspecified atom stereocenters. The molecule has 1 aliphatic heterocycles. The van der Waals surface area contributed by atoms with Gasteiger partial charge in [-0.1, -0.05) is 24.6 Å². The Morgan fingerprint density at radius 2 is 1.56 bits per heavy atom. The van der Waals surface area contributed by atoms with Crippen LogP contribution in [0, 0.1) is 0 Å². The van der Waals surface area contributed by atoms with Gasteiger partial charge in [-0.3, -0.25) is 33.7 Å². The van der Waals surface area contributed by atoms with Gasteiger partial charge in [0.25, 0.3) is 11.8 Å². The number of nitrogens with two attached hydrogens (primary N) is 1. The quantitative estimate of drug-likeness (QED) is 0.233. The van der Waals surface area contributed by atoms with Crippen molar-refractivity contribution in [2.75, 3.05) is 11.9 Å². The Morgan fingerprint density at radius 3 is 2.18 bits per heavy atom. The van der Waals surface area contributed by atoms with Crippen LogP contribution in [-0.2, 0) is 28.8 Å². The van der Waals surface area contributed by atoms with Gasteiger partial charge in [-0.05, 0) is 31.9 Å². The van der Waals surface area contributed by atoms with Gasteiger partial charge in [0.1, 0.15) is 12.1 Å². The SMILES string of the molecule is C[C@H](NC(=O)CCCCCN1C(=O)C=CC1=O)C(=O)N[C@@H](CC(N)=O)C(=O)Nc1ccccc1. The molecule has 11 nitrogen and oxygen atoms in total.